The molecule has 0 fully saturated rings. The van der Waals surface area contributed by atoms with Crippen molar-refractivity contribution in [3.8, 4) is 17.0 Å². The van der Waals surface area contributed by atoms with E-state index in [0.29, 0.717) is 5.82 Å². The highest BCUT2D eigenvalue weighted by molar-refractivity contribution is 5.77. The summed E-state index contributed by atoms with van der Waals surface area (Å²) in [6.07, 6.45) is 0. The lowest BCUT2D eigenvalue weighted by molar-refractivity contribution is 0.414. The van der Waals surface area contributed by atoms with Crippen molar-refractivity contribution in [2.45, 2.75) is 13.8 Å². The minimum Gasteiger partial charge on any atom is -0.497 e. The number of nitrogens with zero attached hydrogens (tertiary/aromatic N) is 2. The van der Waals surface area contributed by atoms with Crippen molar-refractivity contribution < 1.29 is 4.74 Å². The summed E-state index contributed by atoms with van der Waals surface area (Å²) in [5.41, 5.74) is 11.2. The molecule has 102 valence electrons. The van der Waals surface area contributed by atoms with E-state index in [0.717, 1.165) is 33.9 Å². The van der Waals surface area contributed by atoms with Crippen LogP contribution in [0.4, 0.5) is 5.82 Å². The SMILES string of the molecule is COc1ccc(-c2nc3cccc(C)n3c2N)c(C)c1. The van der Waals surface area contributed by atoms with Gasteiger partial charge < -0.3 is 10.5 Å². The molecule has 0 aliphatic carbocycles. The highest BCUT2D eigenvalue weighted by Crippen LogP contribution is 2.31. The molecule has 2 aromatic heterocycles. The summed E-state index contributed by atoms with van der Waals surface area (Å²) in [4.78, 5) is 4.66. The van der Waals surface area contributed by atoms with Crippen LogP contribution >= 0.6 is 0 Å². The number of anilines is 1. The third-order valence-corrected chi connectivity index (χ3v) is 3.56. The molecule has 0 aliphatic rings. The van der Waals surface area contributed by atoms with Gasteiger partial charge in [0, 0.05) is 11.3 Å². The number of ether oxygens (including phenoxy) is 1. The number of benzene rings is 1. The van der Waals surface area contributed by atoms with E-state index in [1.807, 2.05) is 54.6 Å². The lowest BCUT2D eigenvalue weighted by Gasteiger charge is -2.07. The van der Waals surface area contributed by atoms with Gasteiger partial charge in [0.2, 0.25) is 0 Å². The minimum absolute atomic E-state index is 0.673. The first-order valence-corrected chi connectivity index (χ1v) is 6.50. The number of pyridine rings is 1. The van der Waals surface area contributed by atoms with Crippen molar-refractivity contribution in [3.63, 3.8) is 0 Å². The van der Waals surface area contributed by atoms with Gasteiger partial charge in [0.1, 0.15) is 22.9 Å². The first-order valence-electron chi connectivity index (χ1n) is 6.50. The molecular formula is C16H17N3O. The maximum absolute atomic E-state index is 6.28. The van der Waals surface area contributed by atoms with E-state index in [9.17, 15) is 0 Å². The molecule has 4 nitrogen and oxygen atoms in total. The molecule has 3 aromatic rings. The molecule has 0 radical (unpaired) electrons. The summed E-state index contributed by atoms with van der Waals surface area (Å²) in [5.74, 6) is 1.51. The van der Waals surface area contributed by atoms with E-state index >= 15 is 0 Å². The van der Waals surface area contributed by atoms with Crippen molar-refractivity contribution in [1.82, 2.24) is 9.38 Å². The van der Waals surface area contributed by atoms with Gasteiger partial charge >= 0.3 is 0 Å². The number of methoxy groups -OCH3 is 1. The zero-order valence-electron chi connectivity index (χ0n) is 11.8. The van der Waals surface area contributed by atoms with Gasteiger partial charge in [0.05, 0.1) is 7.11 Å². The van der Waals surface area contributed by atoms with Gasteiger partial charge in [-0.3, -0.25) is 4.40 Å². The summed E-state index contributed by atoms with van der Waals surface area (Å²) in [6.45, 7) is 4.06. The molecule has 2 N–H and O–H groups in total. The fourth-order valence-electron chi connectivity index (χ4n) is 2.51. The van der Waals surface area contributed by atoms with Crippen LogP contribution in [0.3, 0.4) is 0 Å². The maximum atomic E-state index is 6.28. The van der Waals surface area contributed by atoms with Gasteiger partial charge in [-0.2, -0.15) is 0 Å². The third-order valence-electron chi connectivity index (χ3n) is 3.56. The van der Waals surface area contributed by atoms with E-state index in [4.69, 9.17) is 10.5 Å². The van der Waals surface area contributed by atoms with Crippen LogP contribution in [-0.2, 0) is 0 Å². The van der Waals surface area contributed by atoms with Gasteiger partial charge in [0.15, 0.2) is 0 Å². The summed E-state index contributed by atoms with van der Waals surface area (Å²) < 4.78 is 7.21. The second-order valence-electron chi connectivity index (χ2n) is 4.89. The van der Waals surface area contributed by atoms with Crippen LogP contribution in [0, 0.1) is 13.8 Å². The van der Waals surface area contributed by atoms with Crippen molar-refractivity contribution in [3.05, 3.63) is 47.7 Å². The Bertz CT molecular complexity index is 790. The van der Waals surface area contributed by atoms with Crippen LogP contribution in [-0.4, -0.2) is 16.5 Å². The predicted octanol–water partition coefficient (Wildman–Crippen LogP) is 3.21. The Balaban J connectivity index is 2.25. The fraction of sp³-hybridized carbons (Fsp3) is 0.188. The van der Waals surface area contributed by atoms with Crippen LogP contribution in [0.1, 0.15) is 11.3 Å². The first kappa shape index (κ1) is 12.5. The predicted molar refractivity (Wildman–Crippen MR) is 81.1 cm³/mol. The van der Waals surface area contributed by atoms with Crippen LogP contribution < -0.4 is 10.5 Å². The first-order chi connectivity index (χ1) is 9.61. The standard InChI is InChI=1S/C16H17N3O/c1-10-9-12(20-3)7-8-13(10)15-16(17)19-11(2)5-4-6-14(19)18-15/h4-9H,17H2,1-3H3. The van der Waals surface area contributed by atoms with Crippen molar-refractivity contribution >= 4 is 11.5 Å². The second kappa shape index (κ2) is 4.56. The Labute approximate surface area is 117 Å². The lowest BCUT2D eigenvalue weighted by Crippen LogP contribution is -1.97. The Morgan fingerprint density at radius 3 is 2.60 bits per heavy atom. The number of hydrogen-bond acceptors (Lipinski definition) is 3. The van der Waals surface area contributed by atoms with Crippen LogP contribution in [0.2, 0.25) is 0 Å². The fourth-order valence-corrected chi connectivity index (χ4v) is 2.51. The third kappa shape index (κ3) is 1.81. The molecule has 3 rings (SSSR count). The van der Waals surface area contributed by atoms with Gasteiger partial charge in [-0.25, -0.2) is 4.98 Å². The van der Waals surface area contributed by atoms with Crippen LogP contribution in [0.5, 0.6) is 5.75 Å². The van der Waals surface area contributed by atoms with Crippen molar-refractivity contribution in [1.29, 1.82) is 0 Å². The van der Waals surface area contributed by atoms with Crippen LogP contribution in [0.25, 0.3) is 16.9 Å². The number of hydrogen-bond donors (Lipinski definition) is 1. The van der Waals surface area contributed by atoms with Gasteiger partial charge in [0.25, 0.3) is 0 Å². The molecule has 0 bridgehead atoms. The zero-order valence-corrected chi connectivity index (χ0v) is 11.8. The Kier molecular flexibility index (Phi) is 2.86. The molecule has 20 heavy (non-hydrogen) atoms. The molecule has 0 unspecified atom stereocenters. The number of aromatic nitrogens is 2. The van der Waals surface area contributed by atoms with Crippen molar-refractivity contribution in [2.75, 3.05) is 12.8 Å². The number of fused-ring (bicyclic) bond motifs is 1. The van der Waals surface area contributed by atoms with E-state index in [1.165, 1.54) is 0 Å². The molecule has 0 aliphatic heterocycles. The summed E-state index contributed by atoms with van der Waals surface area (Å²) in [7, 11) is 1.66. The molecule has 0 amide bonds. The average Bonchev–Trinajstić information content (AvgIpc) is 2.77. The largest absolute Gasteiger partial charge is 0.497 e. The molecule has 0 saturated carbocycles. The van der Waals surface area contributed by atoms with E-state index in [2.05, 4.69) is 4.98 Å². The molecule has 0 spiro atoms. The molecule has 0 saturated heterocycles. The number of nitrogen functional groups attached to an aromatic ring is 1. The molecule has 4 heteroatoms. The number of aryl methyl sites for hydroxylation is 2. The smallest absolute Gasteiger partial charge is 0.139 e. The van der Waals surface area contributed by atoms with E-state index in [-0.39, 0.29) is 0 Å². The topological polar surface area (TPSA) is 52.5 Å². The highest BCUT2D eigenvalue weighted by atomic mass is 16.5. The normalized spacial score (nSPS) is 10.9. The Hall–Kier alpha value is -2.49. The quantitative estimate of drug-likeness (QED) is 0.775. The van der Waals surface area contributed by atoms with Crippen LogP contribution in [0.15, 0.2) is 36.4 Å². The molecule has 0 atom stereocenters. The van der Waals surface area contributed by atoms with Crippen molar-refractivity contribution in [2.24, 2.45) is 0 Å². The lowest BCUT2D eigenvalue weighted by atomic mass is 10.1. The van der Waals surface area contributed by atoms with E-state index in [1.54, 1.807) is 7.11 Å². The average molecular weight is 267 g/mol. The number of imidazole rings is 1. The van der Waals surface area contributed by atoms with Gasteiger partial charge in [-0.05, 0) is 49.7 Å². The monoisotopic (exact) mass is 267 g/mol. The Morgan fingerprint density at radius 1 is 1.15 bits per heavy atom. The summed E-state index contributed by atoms with van der Waals surface area (Å²) >= 11 is 0. The number of nitrogens with two attached hydrogens (primary N) is 1. The number of rotatable bonds is 2. The highest BCUT2D eigenvalue weighted by Gasteiger charge is 2.14. The van der Waals surface area contributed by atoms with Gasteiger partial charge in [-0.1, -0.05) is 6.07 Å². The Morgan fingerprint density at radius 2 is 1.95 bits per heavy atom. The summed E-state index contributed by atoms with van der Waals surface area (Å²) in [6, 6.07) is 11.9. The van der Waals surface area contributed by atoms with E-state index < -0.39 is 0 Å². The zero-order chi connectivity index (χ0) is 14.3. The minimum atomic E-state index is 0.673. The molecular weight excluding hydrogens is 250 g/mol. The second-order valence-corrected chi connectivity index (χ2v) is 4.89. The van der Waals surface area contributed by atoms with Gasteiger partial charge in [-0.15, -0.1) is 0 Å². The summed E-state index contributed by atoms with van der Waals surface area (Å²) in [5, 5.41) is 0. The molecule has 1 aromatic carbocycles. The maximum Gasteiger partial charge on any atom is 0.139 e. The molecule has 2 heterocycles.